The molecule has 0 aromatic rings. The number of nitrogens with zero attached hydrogens (tertiary/aromatic N) is 2. The lowest BCUT2D eigenvalue weighted by atomic mass is 9.53. The van der Waals surface area contributed by atoms with Crippen LogP contribution in [0.1, 0.15) is 38.5 Å². The number of ether oxygens (including phenoxy) is 1. The van der Waals surface area contributed by atoms with E-state index in [0.717, 1.165) is 38.5 Å². The van der Waals surface area contributed by atoms with Gasteiger partial charge in [-0.05, 0) is 50.0 Å². The van der Waals surface area contributed by atoms with Crippen LogP contribution in [-0.2, 0) is 19.1 Å². The number of carboxylic acids is 1. The minimum absolute atomic E-state index is 0.0124. The van der Waals surface area contributed by atoms with E-state index in [0.29, 0.717) is 18.9 Å². The average molecular weight is 388 g/mol. The Labute approximate surface area is 162 Å². The maximum Gasteiger partial charge on any atom is 0.354 e. The van der Waals surface area contributed by atoms with E-state index in [-0.39, 0.29) is 34.1 Å². The number of methoxy groups -OCH3 is 1. The van der Waals surface area contributed by atoms with Crippen LogP contribution >= 0.6 is 0 Å². The Morgan fingerprint density at radius 1 is 1.25 bits per heavy atom. The zero-order valence-corrected chi connectivity index (χ0v) is 15.8. The van der Waals surface area contributed by atoms with Gasteiger partial charge in [-0.15, -0.1) is 0 Å². The van der Waals surface area contributed by atoms with Crippen molar-refractivity contribution in [1.82, 2.24) is 15.8 Å². The molecule has 0 atom stereocenters. The summed E-state index contributed by atoms with van der Waals surface area (Å²) in [4.78, 5) is 40.3. The Morgan fingerprint density at radius 3 is 2.54 bits per heavy atom. The number of carboxylic acid groups (broad SMARTS) is 1. The molecule has 3 fully saturated rings. The summed E-state index contributed by atoms with van der Waals surface area (Å²) < 4.78 is 5.00. The lowest BCUT2D eigenvalue weighted by Crippen LogP contribution is -2.51. The van der Waals surface area contributed by atoms with E-state index in [9.17, 15) is 19.5 Å². The average Bonchev–Trinajstić information content (AvgIpc) is 3.20. The van der Waals surface area contributed by atoms with Gasteiger partial charge in [-0.2, -0.15) is 0 Å². The molecular weight excluding hydrogens is 364 g/mol. The molecule has 150 valence electrons. The van der Waals surface area contributed by atoms with Crippen LogP contribution in [0.5, 0.6) is 0 Å². The number of carbonyl (C=O) groups excluding carboxylic acids is 2. The molecule has 28 heavy (non-hydrogen) atoms. The lowest BCUT2D eigenvalue weighted by Gasteiger charge is -2.51. The molecule has 0 radical (unpaired) electrons. The highest BCUT2D eigenvalue weighted by Gasteiger charge is 2.53. The number of aliphatic carboxylic acids is 1. The highest BCUT2D eigenvalue weighted by atomic mass is 16.5. The van der Waals surface area contributed by atoms with Gasteiger partial charge < -0.3 is 15.2 Å². The number of hydrogen-bond acceptors (Lipinski definition) is 7. The van der Waals surface area contributed by atoms with Crippen molar-refractivity contribution in [2.24, 2.45) is 15.8 Å². The molecule has 1 amide bonds. The molecular formula is C19H24N4O5. The summed E-state index contributed by atoms with van der Waals surface area (Å²) >= 11 is 0. The van der Waals surface area contributed by atoms with Crippen LogP contribution in [-0.4, -0.2) is 53.9 Å². The molecule has 0 aromatic carbocycles. The van der Waals surface area contributed by atoms with Crippen molar-refractivity contribution in [3.8, 4) is 0 Å². The van der Waals surface area contributed by atoms with E-state index in [2.05, 4.69) is 15.7 Å². The van der Waals surface area contributed by atoms with Crippen molar-refractivity contribution >= 4 is 23.6 Å². The Kier molecular flexibility index (Phi) is 4.49. The van der Waals surface area contributed by atoms with Crippen LogP contribution in [0, 0.1) is 10.8 Å². The zero-order chi connectivity index (χ0) is 19.9. The summed E-state index contributed by atoms with van der Waals surface area (Å²) in [6.45, 7) is 0.989. The van der Waals surface area contributed by atoms with Gasteiger partial charge in [0, 0.05) is 19.2 Å². The SMILES string of the molecule is COC(=O)C12CCC(CNC(=O)C3=CC(C(=O)O)=NC4=CCNN43)(CC1)CC2. The lowest BCUT2D eigenvalue weighted by molar-refractivity contribution is -0.162. The first kappa shape index (κ1) is 18.7. The summed E-state index contributed by atoms with van der Waals surface area (Å²) in [5, 5.41) is 13.8. The number of fused-ring (bicyclic) bond motifs is 4. The van der Waals surface area contributed by atoms with Gasteiger partial charge in [0.15, 0.2) is 5.71 Å². The van der Waals surface area contributed by atoms with E-state index >= 15 is 0 Å². The predicted octanol–water partition coefficient (Wildman–Crippen LogP) is 0.701. The first-order valence-electron chi connectivity index (χ1n) is 9.52. The van der Waals surface area contributed by atoms with E-state index in [4.69, 9.17) is 4.74 Å². The number of aliphatic imine (C=N–C) groups is 1. The largest absolute Gasteiger partial charge is 0.477 e. The van der Waals surface area contributed by atoms with Crippen molar-refractivity contribution in [3.63, 3.8) is 0 Å². The zero-order valence-electron chi connectivity index (χ0n) is 15.8. The first-order valence-corrected chi connectivity index (χ1v) is 9.52. The third-order valence-electron chi connectivity index (χ3n) is 6.61. The van der Waals surface area contributed by atoms with Crippen molar-refractivity contribution in [1.29, 1.82) is 0 Å². The number of hydrazine groups is 1. The fourth-order valence-corrected chi connectivity index (χ4v) is 4.74. The normalized spacial score (nSPS) is 30.8. The minimum atomic E-state index is -1.17. The van der Waals surface area contributed by atoms with Gasteiger partial charge in [0.05, 0.1) is 12.5 Å². The van der Waals surface area contributed by atoms with Crippen LogP contribution in [0.4, 0.5) is 0 Å². The van der Waals surface area contributed by atoms with Crippen LogP contribution in [0.2, 0.25) is 0 Å². The van der Waals surface area contributed by atoms with Crippen LogP contribution in [0.3, 0.4) is 0 Å². The summed E-state index contributed by atoms with van der Waals surface area (Å²) in [5.41, 5.74) is 2.71. The molecule has 0 unspecified atom stereocenters. The van der Waals surface area contributed by atoms with E-state index in [1.807, 2.05) is 0 Å². The Hall–Kier alpha value is -2.68. The molecule has 5 rings (SSSR count). The van der Waals surface area contributed by atoms with Crippen LogP contribution in [0.25, 0.3) is 0 Å². The number of carbonyl (C=O) groups is 3. The number of esters is 1. The van der Waals surface area contributed by atoms with E-state index in [1.54, 1.807) is 6.08 Å². The van der Waals surface area contributed by atoms with Crippen molar-refractivity contribution in [3.05, 3.63) is 23.7 Å². The van der Waals surface area contributed by atoms with Crippen molar-refractivity contribution in [2.75, 3.05) is 20.2 Å². The molecule has 0 aromatic heterocycles. The molecule has 3 N–H and O–H groups in total. The van der Waals surface area contributed by atoms with E-state index in [1.165, 1.54) is 18.2 Å². The van der Waals surface area contributed by atoms with Gasteiger partial charge in [-0.25, -0.2) is 15.2 Å². The second kappa shape index (κ2) is 6.73. The molecule has 3 aliphatic carbocycles. The fraction of sp³-hybridized carbons (Fsp3) is 0.579. The molecule has 2 heterocycles. The first-order chi connectivity index (χ1) is 13.4. The summed E-state index contributed by atoms with van der Waals surface area (Å²) in [7, 11) is 1.44. The Bertz CT molecular complexity index is 804. The molecule has 3 saturated carbocycles. The third-order valence-corrected chi connectivity index (χ3v) is 6.61. The van der Waals surface area contributed by atoms with Gasteiger partial charge >= 0.3 is 11.9 Å². The summed E-state index contributed by atoms with van der Waals surface area (Å²) in [5.74, 6) is -1.20. The standard InChI is InChI=1S/C19H24N4O5/c1-28-17(27)19-6-3-18(4-7-19,5-8-19)11-20-15(24)13-10-12(16(25)26)22-14-2-9-21-23(13)14/h2,10,21H,3-9,11H2,1H3,(H,20,24)(H,25,26). The van der Waals surface area contributed by atoms with Gasteiger partial charge in [-0.1, -0.05) is 0 Å². The molecule has 5 aliphatic rings. The Morgan fingerprint density at radius 2 is 1.93 bits per heavy atom. The van der Waals surface area contributed by atoms with Crippen LogP contribution < -0.4 is 10.7 Å². The quantitative estimate of drug-likeness (QED) is 0.593. The summed E-state index contributed by atoms with van der Waals surface area (Å²) in [6.07, 6.45) is 7.99. The maximum atomic E-state index is 12.8. The highest BCUT2D eigenvalue weighted by molar-refractivity contribution is 6.41. The number of hydrogen-bond donors (Lipinski definition) is 3. The highest BCUT2D eigenvalue weighted by Crippen LogP contribution is 2.57. The smallest absolute Gasteiger partial charge is 0.354 e. The molecule has 2 bridgehead atoms. The predicted molar refractivity (Wildman–Crippen MR) is 98.7 cm³/mol. The molecule has 9 nitrogen and oxygen atoms in total. The van der Waals surface area contributed by atoms with Gasteiger partial charge in [0.25, 0.3) is 5.91 Å². The van der Waals surface area contributed by atoms with Gasteiger partial charge in [0.1, 0.15) is 11.5 Å². The van der Waals surface area contributed by atoms with Crippen LogP contribution in [0.15, 0.2) is 28.7 Å². The molecule has 2 aliphatic heterocycles. The number of amides is 1. The third kappa shape index (κ3) is 2.99. The topological polar surface area (TPSA) is 120 Å². The number of nitrogens with one attached hydrogen (secondary N) is 2. The number of rotatable bonds is 5. The Balaban J connectivity index is 1.43. The van der Waals surface area contributed by atoms with Gasteiger partial charge in [0.2, 0.25) is 0 Å². The maximum absolute atomic E-state index is 12.8. The molecule has 0 spiro atoms. The summed E-state index contributed by atoms with van der Waals surface area (Å²) in [6, 6.07) is 0. The second-order valence-electron chi connectivity index (χ2n) is 8.05. The van der Waals surface area contributed by atoms with Crippen molar-refractivity contribution < 1.29 is 24.2 Å². The van der Waals surface area contributed by atoms with Crippen molar-refractivity contribution in [2.45, 2.75) is 38.5 Å². The monoisotopic (exact) mass is 388 g/mol. The second-order valence-corrected chi connectivity index (χ2v) is 8.05. The fourth-order valence-electron chi connectivity index (χ4n) is 4.74. The van der Waals surface area contributed by atoms with Gasteiger partial charge in [-0.3, -0.25) is 14.6 Å². The minimum Gasteiger partial charge on any atom is -0.477 e. The van der Waals surface area contributed by atoms with E-state index < -0.39 is 5.97 Å². The molecule has 0 saturated heterocycles. The molecule has 9 heteroatoms.